The molecule has 0 aromatic carbocycles. The minimum atomic E-state index is -2.72. The molecule has 0 saturated carbocycles. The van der Waals surface area contributed by atoms with Crippen LogP contribution in [0.25, 0.3) is 0 Å². The van der Waals surface area contributed by atoms with E-state index < -0.39 is 24.4 Å². The van der Waals surface area contributed by atoms with Gasteiger partial charge in [-0.25, -0.2) is 16.8 Å². The predicted molar refractivity (Wildman–Crippen MR) is 65.0 cm³/mol. The Morgan fingerprint density at radius 1 is 0.812 bits per heavy atom. The van der Waals surface area contributed by atoms with Crippen LogP contribution < -0.4 is 0 Å². The Morgan fingerprint density at radius 3 is 1.44 bits per heavy atom. The van der Waals surface area contributed by atoms with Crippen LogP contribution in [0.3, 0.4) is 0 Å². The van der Waals surface area contributed by atoms with Crippen molar-refractivity contribution in [2.75, 3.05) is 17.3 Å². The highest BCUT2D eigenvalue weighted by atomic mass is 32.2. The lowest BCUT2D eigenvalue weighted by Crippen LogP contribution is -2.26. The summed E-state index contributed by atoms with van der Waals surface area (Å²) in [4.78, 5) is 0. The fourth-order valence-electron chi connectivity index (χ4n) is 1.87. The largest absolute Gasteiger partial charge is 0.229 e. The first kappa shape index (κ1) is 14.0. The summed E-state index contributed by atoms with van der Waals surface area (Å²) >= 11 is 0. The molecule has 0 aromatic heterocycles. The maximum Gasteiger partial charge on any atom is 0.155 e. The second-order valence-electron chi connectivity index (χ2n) is 5.04. The fraction of sp³-hybridized carbons (Fsp3) is 1.00. The van der Waals surface area contributed by atoms with Gasteiger partial charge < -0.3 is 0 Å². The summed E-state index contributed by atoms with van der Waals surface area (Å²) in [6.07, 6.45) is 3.43. The topological polar surface area (TPSA) is 68.3 Å². The van der Waals surface area contributed by atoms with Crippen LogP contribution in [0.2, 0.25) is 0 Å². The van der Waals surface area contributed by atoms with E-state index in [9.17, 15) is 16.8 Å². The minimum Gasteiger partial charge on any atom is -0.229 e. The second-order valence-corrected chi connectivity index (χ2v) is 10.1. The van der Waals surface area contributed by atoms with E-state index in [1.165, 1.54) is 0 Å². The zero-order valence-electron chi connectivity index (χ0n) is 9.90. The predicted octanol–water partition coefficient (Wildman–Crippen LogP) is 1.17. The summed E-state index contributed by atoms with van der Waals surface area (Å²) in [7, 11) is -5.27. The van der Waals surface area contributed by atoms with Crippen molar-refractivity contribution in [1.82, 2.24) is 0 Å². The van der Waals surface area contributed by atoms with E-state index in [0.29, 0.717) is 17.3 Å². The fourth-order valence-corrected chi connectivity index (χ4v) is 4.89. The molecule has 4 nitrogen and oxygen atoms in total. The number of sulfone groups is 2. The lowest BCUT2D eigenvalue weighted by Gasteiger charge is -2.14. The molecule has 0 spiro atoms. The molecule has 2 aliphatic heterocycles. The lowest BCUT2D eigenvalue weighted by molar-refractivity contribution is 0.558. The zero-order valence-corrected chi connectivity index (χ0v) is 11.5. The normalized spacial score (nSPS) is 29.4. The highest BCUT2D eigenvalue weighted by Crippen LogP contribution is 2.30. The van der Waals surface area contributed by atoms with Gasteiger partial charge in [0.05, 0.1) is 22.0 Å². The molecule has 2 rings (SSSR count). The van der Waals surface area contributed by atoms with Crippen molar-refractivity contribution in [3.8, 4) is 0 Å². The molecule has 0 radical (unpaired) electrons. The van der Waals surface area contributed by atoms with Gasteiger partial charge in [0.2, 0.25) is 0 Å². The van der Waals surface area contributed by atoms with Crippen LogP contribution in [0.4, 0.5) is 0 Å². The molecule has 0 unspecified atom stereocenters. The SMILES string of the molecule is CC1(C)CCCS1(=O)=O.O=S1(=O)CCCC1. The number of rotatable bonds is 0. The zero-order chi connectivity index (χ0) is 12.4. The van der Waals surface area contributed by atoms with Gasteiger partial charge in [-0.15, -0.1) is 0 Å². The van der Waals surface area contributed by atoms with Crippen molar-refractivity contribution < 1.29 is 16.8 Å². The van der Waals surface area contributed by atoms with Gasteiger partial charge in [0.1, 0.15) is 9.84 Å². The van der Waals surface area contributed by atoms with Crippen LogP contribution >= 0.6 is 0 Å². The smallest absolute Gasteiger partial charge is 0.155 e. The van der Waals surface area contributed by atoms with Gasteiger partial charge in [0.25, 0.3) is 0 Å². The minimum absolute atomic E-state index is 0.389. The highest BCUT2D eigenvalue weighted by molar-refractivity contribution is 7.93. The number of hydrogen-bond donors (Lipinski definition) is 0. The van der Waals surface area contributed by atoms with E-state index in [2.05, 4.69) is 0 Å². The Morgan fingerprint density at radius 2 is 1.31 bits per heavy atom. The molecule has 2 saturated heterocycles. The summed E-state index contributed by atoms with van der Waals surface area (Å²) < 4.78 is 42.6. The Balaban J connectivity index is 0.000000165. The van der Waals surface area contributed by atoms with E-state index in [4.69, 9.17) is 0 Å². The monoisotopic (exact) mass is 268 g/mol. The van der Waals surface area contributed by atoms with E-state index in [1.54, 1.807) is 13.8 Å². The maximum absolute atomic E-state index is 11.1. The molecule has 2 fully saturated rings. The molecular weight excluding hydrogens is 248 g/mol. The second kappa shape index (κ2) is 4.64. The van der Waals surface area contributed by atoms with Gasteiger partial charge in [-0.1, -0.05) is 0 Å². The van der Waals surface area contributed by atoms with Gasteiger partial charge in [0.15, 0.2) is 9.84 Å². The standard InChI is InChI=1S/C6H12O2S.C4H8O2S/c1-6(2)4-3-5-9(6,7)8;5-7(6)3-1-2-4-7/h3-5H2,1-2H3;1-4H2. The molecule has 0 amide bonds. The molecule has 6 heteroatoms. The summed E-state index contributed by atoms with van der Waals surface area (Å²) in [5.74, 6) is 1.24. The first-order valence-electron chi connectivity index (χ1n) is 5.59. The first-order valence-corrected chi connectivity index (χ1v) is 9.06. The van der Waals surface area contributed by atoms with Gasteiger partial charge in [0, 0.05) is 0 Å². The lowest BCUT2D eigenvalue weighted by atomic mass is 10.1. The number of hydrogen-bond acceptors (Lipinski definition) is 4. The van der Waals surface area contributed by atoms with Crippen LogP contribution in [0.1, 0.15) is 39.5 Å². The van der Waals surface area contributed by atoms with Crippen molar-refractivity contribution in [3.05, 3.63) is 0 Å². The van der Waals surface area contributed by atoms with Gasteiger partial charge >= 0.3 is 0 Å². The quantitative estimate of drug-likeness (QED) is 0.661. The van der Waals surface area contributed by atoms with Crippen molar-refractivity contribution in [3.63, 3.8) is 0 Å². The van der Waals surface area contributed by atoms with E-state index in [1.807, 2.05) is 0 Å². The van der Waals surface area contributed by atoms with Crippen LogP contribution in [0, 0.1) is 0 Å². The van der Waals surface area contributed by atoms with Crippen LogP contribution in [0.5, 0.6) is 0 Å². The molecule has 16 heavy (non-hydrogen) atoms. The molecule has 0 N–H and O–H groups in total. The maximum atomic E-state index is 11.1. The third-order valence-electron chi connectivity index (χ3n) is 3.19. The van der Waals surface area contributed by atoms with Crippen molar-refractivity contribution in [2.45, 2.75) is 44.3 Å². The average Bonchev–Trinajstić information content (AvgIpc) is 2.58. The Hall–Kier alpha value is -0.100. The summed E-state index contributed by atoms with van der Waals surface area (Å²) in [6, 6.07) is 0. The Labute approximate surface area is 98.3 Å². The summed E-state index contributed by atoms with van der Waals surface area (Å²) in [5, 5.41) is 0. The van der Waals surface area contributed by atoms with Gasteiger partial charge in [-0.05, 0) is 39.5 Å². The average molecular weight is 268 g/mol. The molecule has 0 aromatic rings. The molecule has 2 aliphatic rings. The van der Waals surface area contributed by atoms with Crippen molar-refractivity contribution >= 4 is 19.7 Å². The molecule has 96 valence electrons. The van der Waals surface area contributed by atoms with E-state index >= 15 is 0 Å². The molecule has 2 heterocycles. The van der Waals surface area contributed by atoms with Crippen molar-refractivity contribution in [1.29, 1.82) is 0 Å². The summed E-state index contributed by atoms with van der Waals surface area (Å²) in [5.41, 5.74) is 0. The molecule has 0 atom stereocenters. The third kappa shape index (κ3) is 3.45. The van der Waals surface area contributed by atoms with Crippen LogP contribution in [-0.4, -0.2) is 38.8 Å². The van der Waals surface area contributed by atoms with Crippen molar-refractivity contribution in [2.24, 2.45) is 0 Å². The Bertz CT molecular complexity index is 419. The van der Waals surface area contributed by atoms with Gasteiger partial charge in [-0.3, -0.25) is 0 Å². The van der Waals surface area contributed by atoms with Gasteiger partial charge in [-0.2, -0.15) is 0 Å². The first-order chi connectivity index (χ1) is 7.16. The van der Waals surface area contributed by atoms with E-state index in [-0.39, 0.29) is 0 Å². The van der Waals surface area contributed by atoms with E-state index in [0.717, 1.165) is 25.7 Å². The third-order valence-corrected chi connectivity index (χ3v) is 7.73. The molecule has 0 aliphatic carbocycles. The molecule has 0 bridgehead atoms. The summed E-state index contributed by atoms with van der Waals surface area (Å²) in [6.45, 7) is 3.60. The van der Waals surface area contributed by atoms with Crippen LogP contribution in [0.15, 0.2) is 0 Å². The van der Waals surface area contributed by atoms with Crippen LogP contribution in [-0.2, 0) is 19.7 Å². The molecular formula is C10H20O4S2. The Kier molecular flexibility index (Phi) is 4.05. The highest BCUT2D eigenvalue weighted by Gasteiger charge is 2.38.